The molecule has 0 aliphatic carbocycles. The molecule has 0 heterocycles. The van der Waals surface area contributed by atoms with Crippen molar-refractivity contribution in [2.45, 2.75) is 13.3 Å². The largest absolute Gasteiger partial charge is 0.325 e. The van der Waals surface area contributed by atoms with Crippen molar-refractivity contribution in [2.75, 3.05) is 17.3 Å². The van der Waals surface area contributed by atoms with Crippen molar-refractivity contribution >= 4 is 34.8 Å². The van der Waals surface area contributed by atoms with Gasteiger partial charge in [-0.05, 0) is 42.8 Å². The molecule has 2 amide bonds. The van der Waals surface area contributed by atoms with Gasteiger partial charge in [0.1, 0.15) is 6.42 Å². The van der Waals surface area contributed by atoms with Crippen molar-refractivity contribution in [3.8, 4) is 0 Å². The van der Waals surface area contributed by atoms with Crippen molar-refractivity contribution in [2.24, 2.45) is 0 Å². The summed E-state index contributed by atoms with van der Waals surface area (Å²) in [5, 5.41) is 3.34. The topological polar surface area (TPSA) is 49.4 Å². The van der Waals surface area contributed by atoms with E-state index < -0.39 is 0 Å². The van der Waals surface area contributed by atoms with Crippen LogP contribution < -0.4 is 10.2 Å². The molecule has 2 rings (SSSR count). The maximum Gasteiger partial charge on any atom is 0.236 e. The zero-order valence-corrected chi connectivity index (χ0v) is 13.2. The number of benzene rings is 2. The fourth-order valence-corrected chi connectivity index (χ4v) is 2.24. The molecular weight excluding hydrogens is 300 g/mol. The van der Waals surface area contributed by atoms with Gasteiger partial charge in [0.05, 0.1) is 0 Å². The number of halogens is 1. The molecule has 22 heavy (non-hydrogen) atoms. The normalized spacial score (nSPS) is 10.1. The van der Waals surface area contributed by atoms with Crippen molar-refractivity contribution in [3.63, 3.8) is 0 Å². The highest BCUT2D eigenvalue weighted by atomic mass is 35.5. The third-order valence-corrected chi connectivity index (χ3v) is 3.53. The van der Waals surface area contributed by atoms with E-state index >= 15 is 0 Å². The number of nitrogens with one attached hydrogen (secondary N) is 1. The van der Waals surface area contributed by atoms with E-state index in [-0.39, 0.29) is 18.2 Å². The summed E-state index contributed by atoms with van der Waals surface area (Å²) in [5.74, 6) is -0.617. The Kier molecular flexibility index (Phi) is 5.17. The molecule has 0 aliphatic rings. The van der Waals surface area contributed by atoms with Crippen LogP contribution in [-0.2, 0) is 9.59 Å². The van der Waals surface area contributed by atoms with Crippen LogP contribution in [0.5, 0.6) is 0 Å². The van der Waals surface area contributed by atoms with E-state index in [1.165, 1.54) is 4.90 Å². The van der Waals surface area contributed by atoms with E-state index in [2.05, 4.69) is 5.32 Å². The molecule has 4 nitrogen and oxygen atoms in total. The summed E-state index contributed by atoms with van der Waals surface area (Å²) in [7, 11) is 1.65. The predicted octanol–water partition coefficient (Wildman–Crippen LogP) is 3.64. The summed E-state index contributed by atoms with van der Waals surface area (Å²) in [6.07, 6.45) is -0.215. The summed E-state index contributed by atoms with van der Waals surface area (Å²) in [4.78, 5) is 25.6. The summed E-state index contributed by atoms with van der Waals surface area (Å²) < 4.78 is 0. The molecule has 2 aromatic carbocycles. The SMILES string of the molecule is Cc1cc(Cl)ccc1NC(=O)CC(=O)N(C)c1ccccc1. The zero-order chi connectivity index (χ0) is 16.1. The molecule has 0 saturated carbocycles. The molecule has 2 aromatic rings. The van der Waals surface area contributed by atoms with Gasteiger partial charge in [0.25, 0.3) is 0 Å². The van der Waals surface area contributed by atoms with Gasteiger partial charge in [-0.1, -0.05) is 29.8 Å². The van der Waals surface area contributed by atoms with Crippen LogP contribution in [0.4, 0.5) is 11.4 Å². The Balaban J connectivity index is 1.98. The molecule has 0 fully saturated rings. The maximum atomic E-state index is 12.1. The second kappa shape index (κ2) is 7.09. The minimum Gasteiger partial charge on any atom is -0.325 e. The lowest BCUT2D eigenvalue weighted by Gasteiger charge is -2.17. The summed E-state index contributed by atoms with van der Waals surface area (Å²) >= 11 is 5.87. The quantitative estimate of drug-likeness (QED) is 0.875. The van der Waals surface area contributed by atoms with Crippen LogP contribution >= 0.6 is 11.6 Å². The highest BCUT2D eigenvalue weighted by molar-refractivity contribution is 6.30. The fourth-order valence-electron chi connectivity index (χ4n) is 2.01. The van der Waals surface area contributed by atoms with Gasteiger partial charge in [0, 0.05) is 23.4 Å². The average molecular weight is 317 g/mol. The van der Waals surface area contributed by atoms with Crippen LogP contribution in [0.2, 0.25) is 5.02 Å². The molecule has 0 aromatic heterocycles. The van der Waals surface area contributed by atoms with E-state index in [0.717, 1.165) is 11.3 Å². The monoisotopic (exact) mass is 316 g/mol. The number of carbonyl (C=O) groups is 2. The first kappa shape index (κ1) is 16.0. The number of nitrogens with zero attached hydrogens (tertiary/aromatic N) is 1. The molecule has 0 spiro atoms. The van der Waals surface area contributed by atoms with E-state index in [1.54, 1.807) is 25.2 Å². The van der Waals surface area contributed by atoms with Gasteiger partial charge in [-0.3, -0.25) is 9.59 Å². The molecule has 0 saturated heterocycles. The lowest BCUT2D eigenvalue weighted by atomic mass is 10.2. The molecule has 0 aliphatic heterocycles. The molecule has 1 N–H and O–H groups in total. The Morgan fingerprint density at radius 2 is 1.82 bits per heavy atom. The Morgan fingerprint density at radius 3 is 2.45 bits per heavy atom. The molecule has 0 radical (unpaired) electrons. The number of anilines is 2. The Hall–Kier alpha value is -2.33. The first-order chi connectivity index (χ1) is 10.5. The second-order valence-corrected chi connectivity index (χ2v) is 5.41. The molecule has 0 bridgehead atoms. The van der Waals surface area contributed by atoms with Gasteiger partial charge in [-0.2, -0.15) is 0 Å². The van der Waals surface area contributed by atoms with Crippen LogP contribution in [0.15, 0.2) is 48.5 Å². The number of para-hydroxylation sites is 1. The van der Waals surface area contributed by atoms with E-state index in [4.69, 9.17) is 11.6 Å². The van der Waals surface area contributed by atoms with E-state index in [1.807, 2.05) is 37.3 Å². The number of hydrogen-bond acceptors (Lipinski definition) is 2. The highest BCUT2D eigenvalue weighted by Crippen LogP contribution is 2.20. The number of hydrogen-bond donors (Lipinski definition) is 1. The Morgan fingerprint density at radius 1 is 1.14 bits per heavy atom. The summed E-state index contributed by atoms with van der Waals surface area (Å²) in [5.41, 5.74) is 2.26. The number of rotatable bonds is 4. The average Bonchev–Trinajstić information content (AvgIpc) is 2.50. The molecule has 0 atom stereocenters. The Labute approximate surface area is 134 Å². The molecule has 0 unspecified atom stereocenters. The van der Waals surface area contributed by atoms with E-state index in [0.29, 0.717) is 10.7 Å². The fraction of sp³-hybridized carbons (Fsp3) is 0.176. The van der Waals surface area contributed by atoms with Gasteiger partial charge in [-0.15, -0.1) is 0 Å². The van der Waals surface area contributed by atoms with Crippen molar-refractivity contribution in [3.05, 3.63) is 59.1 Å². The standard InChI is InChI=1S/C17H17ClN2O2/c1-12-10-13(18)8-9-15(12)19-16(21)11-17(22)20(2)14-6-4-3-5-7-14/h3-10H,11H2,1-2H3,(H,19,21). The van der Waals surface area contributed by atoms with Gasteiger partial charge < -0.3 is 10.2 Å². The predicted molar refractivity (Wildman–Crippen MR) is 89.3 cm³/mol. The van der Waals surface area contributed by atoms with Crippen molar-refractivity contribution in [1.82, 2.24) is 0 Å². The van der Waals surface area contributed by atoms with Crippen molar-refractivity contribution in [1.29, 1.82) is 0 Å². The van der Waals surface area contributed by atoms with Crippen LogP contribution in [-0.4, -0.2) is 18.9 Å². The third kappa shape index (κ3) is 4.09. The lowest BCUT2D eigenvalue weighted by molar-refractivity contribution is -0.125. The first-order valence-electron chi connectivity index (χ1n) is 6.85. The van der Waals surface area contributed by atoms with Crippen LogP contribution in [0.3, 0.4) is 0 Å². The second-order valence-electron chi connectivity index (χ2n) is 4.97. The van der Waals surface area contributed by atoms with Gasteiger partial charge in [0.2, 0.25) is 11.8 Å². The smallest absolute Gasteiger partial charge is 0.236 e. The lowest BCUT2D eigenvalue weighted by Crippen LogP contribution is -2.30. The van der Waals surface area contributed by atoms with Gasteiger partial charge >= 0.3 is 0 Å². The van der Waals surface area contributed by atoms with Gasteiger partial charge in [0.15, 0.2) is 0 Å². The number of aryl methyl sites for hydroxylation is 1. The first-order valence-corrected chi connectivity index (χ1v) is 7.23. The molecule has 114 valence electrons. The summed E-state index contributed by atoms with van der Waals surface area (Å²) in [6.45, 7) is 1.85. The van der Waals surface area contributed by atoms with Crippen LogP contribution in [0, 0.1) is 6.92 Å². The molecule has 5 heteroatoms. The minimum atomic E-state index is -0.349. The molecular formula is C17H17ClN2O2. The third-order valence-electron chi connectivity index (χ3n) is 3.29. The highest BCUT2D eigenvalue weighted by Gasteiger charge is 2.15. The maximum absolute atomic E-state index is 12.1. The number of amides is 2. The van der Waals surface area contributed by atoms with Gasteiger partial charge in [-0.25, -0.2) is 0 Å². The van der Waals surface area contributed by atoms with Crippen LogP contribution in [0.25, 0.3) is 0 Å². The zero-order valence-electron chi connectivity index (χ0n) is 12.5. The minimum absolute atomic E-state index is 0.215. The Bertz CT molecular complexity index is 686. The van der Waals surface area contributed by atoms with Crippen LogP contribution in [0.1, 0.15) is 12.0 Å². The number of carbonyl (C=O) groups excluding carboxylic acids is 2. The summed E-state index contributed by atoms with van der Waals surface area (Å²) in [6, 6.07) is 14.4. The van der Waals surface area contributed by atoms with Crippen molar-refractivity contribution < 1.29 is 9.59 Å². The van der Waals surface area contributed by atoms with E-state index in [9.17, 15) is 9.59 Å².